The summed E-state index contributed by atoms with van der Waals surface area (Å²) in [5.74, 6) is -0.749. The molecule has 2 fully saturated rings. The Balaban J connectivity index is 1.55. The minimum absolute atomic E-state index is 0.0884. The standard InChI is InChI=1S/C18H18ClNO4/c1-10-11-3-2-4-13(19)15(11)24-14(10)16(21)20-7-5-18(6-8-20)9-12(18)17(22)23/h2-4,12H,5-9H2,1H3,(H,22,23). The van der Waals surface area contributed by atoms with E-state index in [9.17, 15) is 9.59 Å². The third kappa shape index (κ3) is 2.22. The van der Waals surface area contributed by atoms with E-state index in [1.54, 1.807) is 11.0 Å². The maximum absolute atomic E-state index is 12.8. The molecule has 4 rings (SSSR count). The fraction of sp³-hybridized carbons (Fsp3) is 0.444. The zero-order valence-electron chi connectivity index (χ0n) is 13.3. The fourth-order valence-electron chi connectivity index (χ4n) is 3.96. The number of likely N-dealkylation sites (tertiary alicyclic amines) is 1. The highest BCUT2D eigenvalue weighted by Crippen LogP contribution is 2.59. The molecule has 1 saturated heterocycles. The Labute approximate surface area is 144 Å². The number of fused-ring (bicyclic) bond motifs is 1. The molecule has 5 nitrogen and oxygen atoms in total. The molecule has 24 heavy (non-hydrogen) atoms. The van der Waals surface area contributed by atoms with E-state index in [0.29, 0.717) is 29.5 Å². The second-order valence-corrected chi connectivity index (χ2v) is 7.33. The van der Waals surface area contributed by atoms with Crippen molar-refractivity contribution in [2.45, 2.75) is 26.2 Å². The topological polar surface area (TPSA) is 70.8 Å². The first-order valence-electron chi connectivity index (χ1n) is 8.13. The van der Waals surface area contributed by atoms with Crippen LogP contribution in [-0.2, 0) is 4.79 Å². The summed E-state index contributed by atoms with van der Waals surface area (Å²) in [7, 11) is 0. The van der Waals surface area contributed by atoms with Gasteiger partial charge in [0.15, 0.2) is 11.3 Å². The quantitative estimate of drug-likeness (QED) is 0.898. The smallest absolute Gasteiger partial charge is 0.307 e. The summed E-state index contributed by atoms with van der Waals surface area (Å²) in [4.78, 5) is 25.7. The van der Waals surface area contributed by atoms with Crippen LogP contribution in [-0.4, -0.2) is 35.0 Å². The Morgan fingerprint density at radius 2 is 2.04 bits per heavy atom. The summed E-state index contributed by atoms with van der Waals surface area (Å²) in [6.07, 6.45) is 2.23. The van der Waals surface area contributed by atoms with Gasteiger partial charge >= 0.3 is 5.97 Å². The van der Waals surface area contributed by atoms with E-state index < -0.39 is 5.97 Å². The molecule has 1 atom stereocenters. The molecule has 1 aliphatic carbocycles. The number of aliphatic carboxylic acids is 1. The van der Waals surface area contributed by atoms with Crippen molar-refractivity contribution in [3.05, 3.63) is 34.5 Å². The van der Waals surface area contributed by atoms with E-state index in [4.69, 9.17) is 21.1 Å². The van der Waals surface area contributed by atoms with Gasteiger partial charge in [0.1, 0.15) is 0 Å². The van der Waals surface area contributed by atoms with E-state index in [1.165, 1.54) is 0 Å². The predicted octanol–water partition coefficient (Wildman–Crippen LogP) is 3.72. The van der Waals surface area contributed by atoms with E-state index in [0.717, 1.165) is 30.2 Å². The number of nitrogens with zero attached hydrogens (tertiary/aromatic N) is 1. The Morgan fingerprint density at radius 3 is 2.62 bits per heavy atom. The zero-order chi connectivity index (χ0) is 17.1. The minimum atomic E-state index is -0.711. The number of furan rings is 1. The summed E-state index contributed by atoms with van der Waals surface area (Å²) in [5, 5.41) is 10.5. The van der Waals surface area contributed by atoms with Gasteiger partial charge in [-0.2, -0.15) is 0 Å². The molecule has 1 aromatic heterocycles. The summed E-state index contributed by atoms with van der Waals surface area (Å²) >= 11 is 6.15. The second kappa shape index (κ2) is 5.24. The zero-order valence-corrected chi connectivity index (χ0v) is 14.1. The van der Waals surface area contributed by atoms with Gasteiger partial charge in [0.2, 0.25) is 0 Å². The highest BCUT2D eigenvalue weighted by atomic mass is 35.5. The lowest BCUT2D eigenvalue weighted by atomic mass is 9.90. The highest BCUT2D eigenvalue weighted by Gasteiger charge is 2.59. The first-order chi connectivity index (χ1) is 11.4. The van der Waals surface area contributed by atoms with Crippen molar-refractivity contribution in [1.82, 2.24) is 4.90 Å². The molecule has 1 saturated carbocycles. The molecular formula is C18H18ClNO4. The molecule has 1 aromatic carbocycles. The average Bonchev–Trinajstić information content (AvgIpc) is 3.16. The van der Waals surface area contributed by atoms with Crippen molar-refractivity contribution in [3.8, 4) is 0 Å². The summed E-state index contributed by atoms with van der Waals surface area (Å²) in [5.41, 5.74) is 1.25. The van der Waals surface area contributed by atoms with Gasteiger partial charge in [0.25, 0.3) is 5.91 Å². The number of amides is 1. The number of hydrogen-bond donors (Lipinski definition) is 1. The van der Waals surface area contributed by atoms with Crippen LogP contribution in [0.5, 0.6) is 0 Å². The first-order valence-corrected chi connectivity index (χ1v) is 8.50. The number of aryl methyl sites for hydroxylation is 1. The van der Waals surface area contributed by atoms with Gasteiger partial charge in [-0.3, -0.25) is 9.59 Å². The normalized spacial score (nSPS) is 22.1. The highest BCUT2D eigenvalue weighted by molar-refractivity contribution is 6.35. The summed E-state index contributed by atoms with van der Waals surface area (Å²) in [6.45, 7) is 3.02. The Hall–Kier alpha value is -2.01. The monoisotopic (exact) mass is 347 g/mol. The number of carbonyl (C=O) groups excluding carboxylic acids is 1. The van der Waals surface area contributed by atoms with Crippen molar-refractivity contribution < 1.29 is 19.1 Å². The lowest BCUT2D eigenvalue weighted by Gasteiger charge is -2.32. The molecule has 1 spiro atoms. The van der Waals surface area contributed by atoms with Gasteiger partial charge in [0, 0.05) is 24.0 Å². The molecule has 2 heterocycles. The number of para-hydroxylation sites is 1. The SMILES string of the molecule is Cc1c(C(=O)N2CCC3(CC2)CC3C(=O)O)oc2c(Cl)cccc12. The number of benzene rings is 1. The Kier molecular flexibility index (Phi) is 3.39. The number of rotatable bonds is 2. The van der Waals surface area contributed by atoms with E-state index in [-0.39, 0.29) is 17.2 Å². The van der Waals surface area contributed by atoms with Crippen LogP contribution in [0, 0.1) is 18.3 Å². The van der Waals surface area contributed by atoms with Crippen LogP contribution in [0.3, 0.4) is 0 Å². The number of carbonyl (C=O) groups is 2. The molecule has 1 amide bonds. The largest absolute Gasteiger partial charge is 0.481 e. The van der Waals surface area contributed by atoms with Crippen LogP contribution < -0.4 is 0 Å². The molecule has 1 N–H and O–H groups in total. The van der Waals surface area contributed by atoms with Gasteiger partial charge < -0.3 is 14.4 Å². The van der Waals surface area contributed by atoms with Gasteiger partial charge in [0.05, 0.1) is 10.9 Å². The molecule has 6 heteroatoms. The van der Waals surface area contributed by atoms with Gasteiger partial charge in [-0.15, -0.1) is 0 Å². The molecule has 2 aromatic rings. The Bertz CT molecular complexity index is 848. The third-order valence-corrected chi connectivity index (χ3v) is 5.94. The van der Waals surface area contributed by atoms with Crippen LogP contribution in [0.2, 0.25) is 5.02 Å². The minimum Gasteiger partial charge on any atom is -0.481 e. The lowest BCUT2D eigenvalue weighted by molar-refractivity contribution is -0.139. The maximum Gasteiger partial charge on any atom is 0.307 e. The van der Waals surface area contributed by atoms with E-state index in [2.05, 4.69) is 0 Å². The number of halogens is 1. The average molecular weight is 348 g/mol. The molecule has 2 aliphatic rings. The first kappa shape index (κ1) is 15.5. The molecular weight excluding hydrogens is 330 g/mol. The number of piperidine rings is 1. The van der Waals surface area contributed by atoms with Gasteiger partial charge in [-0.05, 0) is 37.7 Å². The summed E-state index contributed by atoms with van der Waals surface area (Å²) in [6, 6.07) is 5.47. The van der Waals surface area contributed by atoms with Crippen LogP contribution in [0.1, 0.15) is 35.4 Å². The van der Waals surface area contributed by atoms with Crippen LogP contribution in [0.15, 0.2) is 22.6 Å². The molecule has 126 valence electrons. The predicted molar refractivity (Wildman–Crippen MR) is 89.3 cm³/mol. The van der Waals surface area contributed by atoms with Crippen LogP contribution >= 0.6 is 11.6 Å². The molecule has 0 radical (unpaired) electrons. The number of carboxylic acids is 1. The molecule has 0 bridgehead atoms. The molecule has 1 aliphatic heterocycles. The van der Waals surface area contributed by atoms with Crippen LogP contribution in [0.25, 0.3) is 11.0 Å². The van der Waals surface area contributed by atoms with Gasteiger partial charge in [-0.25, -0.2) is 0 Å². The number of hydrogen-bond acceptors (Lipinski definition) is 3. The van der Waals surface area contributed by atoms with Crippen molar-refractivity contribution in [2.75, 3.05) is 13.1 Å². The van der Waals surface area contributed by atoms with Crippen molar-refractivity contribution in [3.63, 3.8) is 0 Å². The van der Waals surface area contributed by atoms with Gasteiger partial charge in [-0.1, -0.05) is 23.7 Å². The number of carboxylic acid groups (broad SMARTS) is 1. The van der Waals surface area contributed by atoms with E-state index in [1.807, 2.05) is 19.1 Å². The van der Waals surface area contributed by atoms with E-state index >= 15 is 0 Å². The Morgan fingerprint density at radius 1 is 1.33 bits per heavy atom. The maximum atomic E-state index is 12.8. The fourth-order valence-corrected chi connectivity index (χ4v) is 4.17. The molecule has 1 unspecified atom stereocenters. The lowest BCUT2D eigenvalue weighted by Crippen LogP contribution is -2.40. The third-order valence-electron chi connectivity index (χ3n) is 5.64. The summed E-state index contributed by atoms with van der Waals surface area (Å²) < 4.78 is 5.75. The van der Waals surface area contributed by atoms with Crippen molar-refractivity contribution in [2.24, 2.45) is 11.3 Å². The van der Waals surface area contributed by atoms with Crippen molar-refractivity contribution >= 4 is 34.4 Å². The van der Waals surface area contributed by atoms with Crippen molar-refractivity contribution in [1.29, 1.82) is 0 Å². The second-order valence-electron chi connectivity index (χ2n) is 6.92. The van der Waals surface area contributed by atoms with Crippen LogP contribution in [0.4, 0.5) is 0 Å².